The third-order valence-corrected chi connectivity index (χ3v) is 7.50. The molecule has 0 spiro atoms. The summed E-state index contributed by atoms with van der Waals surface area (Å²) in [6.07, 6.45) is -2.92. The van der Waals surface area contributed by atoms with Crippen molar-refractivity contribution in [3.63, 3.8) is 0 Å². The molecule has 1 aliphatic rings. The molecule has 200 valence electrons. The number of halogens is 1. The molecular weight excluding hydrogens is 495 g/mol. The largest absolute Gasteiger partial charge is 0.380 e. The van der Waals surface area contributed by atoms with Crippen LogP contribution in [0.25, 0.3) is 21.9 Å². The normalized spacial score (nSPS) is 15.1. The van der Waals surface area contributed by atoms with Gasteiger partial charge in [0.25, 0.3) is 11.8 Å². The molecule has 0 fully saturated rings. The number of hydrogen-bond donors (Lipinski definition) is 3. The number of aliphatic hydroxyl groups excluding tert-OH is 2. The van der Waals surface area contributed by atoms with Gasteiger partial charge >= 0.3 is 0 Å². The van der Waals surface area contributed by atoms with E-state index in [1.165, 1.54) is 11.0 Å². The van der Waals surface area contributed by atoms with Crippen LogP contribution in [0.2, 0.25) is 0 Å². The van der Waals surface area contributed by atoms with Gasteiger partial charge in [0.1, 0.15) is 5.82 Å². The maximum absolute atomic E-state index is 14.1. The van der Waals surface area contributed by atoms with Gasteiger partial charge in [-0.15, -0.1) is 0 Å². The van der Waals surface area contributed by atoms with Gasteiger partial charge in [-0.3, -0.25) is 9.59 Å². The van der Waals surface area contributed by atoms with Crippen LogP contribution in [0.3, 0.4) is 0 Å². The van der Waals surface area contributed by atoms with Gasteiger partial charge in [0.05, 0.1) is 6.04 Å². The van der Waals surface area contributed by atoms with Gasteiger partial charge in [0.2, 0.25) is 0 Å². The number of carbonyl (C=O) groups is 2. The van der Waals surface area contributed by atoms with Crippen LogP contribution in [-0.4, -0.2) is 39.1 Å². The SMILES string of the molecule is CCc1ccc(-c2ccc([C@@H](C)NC(=O)C(O)[C@@H](O)C(=O)N3Cc4ccccc4C3)cc2)c2cc(F)ccc12. The lowest BCUT2D eigenvalue weighted by molar-refractivity contribution is -0.153. The highest BCUT2D eigenvalue weighted by Crippen LogP contribution is 2.32. The fraction of sp³-hybridized carbons (Fsp3) is 0.250. The summed E-state index contributed by atoms with van der Waals surface area (Å²) < 4.78 is 14.1. The third kappa shape index (κ3) is 5.28. The monoisotopic (exact) mass is 526 g/mol. The molecule has 7 heteroatoms. The molecule has 0 saturated carbocycles. The van der Waals surface area contributed by atoms with Crippen molar-refractivity contribution < 1.29 is 24.2 Å². The number of aliphatic hydroxyl groups is 2. The number of nitrogens with one attached hydrogen (secondary N) is 1. The van der Waals surface area contributed by atoms with Gasteiger partial charge in [0.15, 0.2) is 12.2 Å². The first-order valence-corrected chi connectivity index (χ1v) is 13.1. The Morgan fingerprint density at radius 3 is 2.21 bits per heavy atom. The van der Waals surface area contributed by atoms with Crippen molar-refractivity contribution in [1.82, 2.24) is 10.2 Å². The molecule has 6 nitrogen and oxygen atoms in total. The Morgan fingerprint density at radius 1 is 0.897 bits per heavy atom. The number of rotatable bonds is 7. The van der Waals surface area contributed by atoms with Crippen molar-refractivity contribution in [3.8, 4) is 11.1 Å². The van der Waals surface area contributed by atoms with E-state index >= 15 is 0 Å². The van der Waals surface area contributed by atoms with Crippen molar-refractivity contribution >= 4 is 22.6 Å². The van der Waals surface area contributed by atoms with Crippen molar-refractivity contribution in [2.75, 3.05) is 0 Å². The first-order valence-electron chi connectivity index (χ1n) is 13.1. The number of fused-ring (bicyclic) bond motifs is 2. The third-order valence-electron chi connectivity index (χ3n) is 7.50. The van der Waals surface area contributed by atoms with E-state index < -0.39 is 30.1 Å². The number of amides is 2. The average Bonchev–Trinajstić information content (AvgIpc) is 3.39. The van der Waals surface area contributed by atoms with E-state index in [9.17, 15) is 24.2 Å². The van der Waals surface area contributed by atoms with Crippen LogP contribution in [0, 0.1) is 5.82 Å². The standard InChI is InChI=1S/C32H31FN2O4/c1-3-20-12-14-27(28-16-25(33)13-15-26(20)28)22-10-8-21(9-11-22)19(2)34-31(38)29(36)30(37)32(39)35-17-23-6-4-5-7-24(23)18-35/h4-16,19,29-30,36-37H,3,17-18H2,1-2H3,(H,34,38)/t19-,29?,30-/m1/s1. The molecule has 2 amide bonds. The van der Waals surface area contributed by atoms with Gasteiger partial charge in [0, 0.05) is 13.1 Å². The fourth-order valence-electron chi connectivity index (χ4n) is 5.23. The second kappa shape index (κ2) is 11.0. The van der Waals surface area contributed by atoms with Gasteiger partial charge in [-0.2, -0.15) is 0 Å². The van der Waals surface area contributed by atoms with Crippen molar-refractivity contribution in [2.24, 2.45) is 0 Å². The minimum absolute atomic E-state index is 0.293. The van der Waals surface area contributed by atoms with Crippen LogP contribution in [0.5, 0.6) is 0 Å². The summed E-state index contributed by atoms with van der Waals surface area (Å²) in [4.78, 5) is 26.9. The summed E-state index contributed by atoms with van der Waals surface area (Å²) in [5.74, 6) is -1.82. The fourth-order valence-corrected chi connectivity index (χ4v) is 5.23. The first-order chi connectivity index (χ1) is 18.8. The lowest BCUT2D eigenvalue weighted by atomic mass is 9.93. The summed E-state index contributed by atoms with van der Waals surface area (Å²) in [6.45, 7) is 4.48. The first kappa shape index (κ1) is 26.5. The Kier molecular flexibility index (Phi) is 7.46. The molecule has 0 aromatic heterocycles. The maximum atomic E-state index is 14.1. The van der Waals surface area contributed by atoms with Crippen LogP contribution < -0.4 is 5.32 Å². The predicted octanol–water partition coefficient (Wildman–Crippen LogP) is 4.65. The van der Waals surface area contributed by atoms with E-state index in [1.807, 2.05) is 60.7 Å². The molecule has 5 rings (SSSR count). The Balaban J connectivity index is 1.25. The van der Waals surface area contributed by atoms with E-state index in [0.29, 0.717) is 13.1 Å². The average molecular weight is 527 g/mol. The number of aryl methyl sites for hydroxylation is 1. The van der Waals surface area contributed by atoms with Crippen molar-refractivity contribution in [2.45, 2.75) is 51.6 Å². The van der Waals surface area contributed by atoms with Gasteiger partial charge < -0.3 is 20.4 Å². The van der Waals surface area contributed by atoms with Gasteiger partial charge in [-0.25, -0.2) is 4.39 Å². The van der Waals surface area contributed by atoms with E-state index in [2.05, 4.69) is 18.3 Å². The smallest absolute Gasteiger partial charge is 0.255 e. The zero-order valence-electron chi connectivity index (χ0n) is 21.9. The summed E-state index contributed by atoms with van der Waals surface area (Å²) in [5, 5.41) is 25.4. The molecule has 1 aliphatic heterocycles. The van der Waals surface area contributed by atoms with Gasteiger partial charge in [-0.1, -0.05) is 73.7 Å². The predicted molar refractivity (Wildman–Crippen MR) is 148 cm³/mol. The Hall–Kier alpha value is -4.07. The van der Waals surface area contributed by atoms with Crippen LogP contribution in [0.4, 0.5) is 4.39 Å². The molecule has 1 unspecified atom stereocenters. The van der Waals surface area contributed by atoms with E-state index in [1.54, 1.807) is 13.0 Å². The van der Waals surface area contributed by atoms with Crippen molar-refractivity contribution in [1.29, 1.82) is 0 Å². The summed E-state index contributed by atoms with van der Waals surface area (Å²) in [6, 6.07) is 23.5. The summed E-state index contributed by atoms with van der Waals surface area (Å²) in [5.41, 5.74) is 5.70. The summed E-state index contributed by atoms with van der Waals surface area (Å²) in [7, 11) is 0. The molecule has 1 heterocycles. The van der Waals surface area contributed by atoms with Crippen molar-refractivity contribution in [3.05, 3.63) is 107 Å². The minimum atomic E-state index is -1.90. The molecule has 39 heavy (non-hydrogen) atoms. The van der Waals surface area contributed by atoms with Crippen LogP contribution in [0.1, 0.15) is 42.1 Å². The number of benzene rings is 4. The summed E-state index contributed by atoms with van der Waals surface area (Å²) >= 11 is 0. The van der Waals surface area contributed by atoms with E-state index in [0.717, 1.165) is 50.6 Å². The van der Waals surface area contributed by atoms with E-state index in [4.69, 9.17) is 0 Å². The maximum Gasteiger partial charge on any atom is 0.255 e. The molecule has 0 saturated heterocycles. The molecule has 4 aromatic carbocycles. The highest BCUT2D eigenvalue weighted by Gasteiger charge is 2.35. The van der Waals surface area contributed by atoms with Gasteiger partial charge in [-0.05, 0) is 69.6 Å². The van der Waals surface area contributed by atoms with Crippen LogP contribution in [-0.2, 0) is 29.1 Å². The highest BCUT2D eigenvalue weighted by atomic mass is 19.1. The molecule has 0 bridgehead atoms. The zero-order valence-corrected chi connectivity index (χ0v) is 21.9. The number of nitrogens with zero attached hydrogens (tertiary/aromatic N) is 1. The number of hydrogen-bond acceptors (Lipinski definition) is 4. The molecule has 3 atom stereocenters. The molecule has 0 radical (unpaired) electrons. The molecular formula is C32H31FN2O4. The molecule has 0 aliphatic carbocycles. The lowest BCUT2D eigenvalue weighted by Gasteiger charge is -2.24. The van der Waals surface area contributed by atoms with E-state index in [-0.39, 0.29) is 5.82 Å². The Bertz CT molecular complexity index is 1510. The zero-order chi connectivity index (χ0) is 27.7. The highest BCUT2D eigenvalue weighted by molar-refractivity contribution is 5.98. The van der Waals surface area contributed by atoms with Crippen LogP contribution >= 0.6 is 0 Å². The minimum Gasteiger partial charge on any atom is -0.380 e. The Labute approximate surface area is 226 Å². The van der Waals surface area contributed by atoms with Crippen LogP contribution in [0.15, 0.2) is 78.9 Å². The lowest BCUT2D eigenvalue weighted by Crippen LogP contribution is -2.50. The second-order valence-electron chi connectivity index (χ2n) is 10.0. The molecule has 4 aromatic rings. The molecule has 3 N–H and O–H groups in total. The topological polar surface area (TPSA) is 89.9 Å². The Morgan fingerprint density at radius 2 is 1.56 bits per heavy atom. The number of carbonyl (C=O) groups excluding carboxylic acids is 2. The second-order valence-corrected chi connectivity index (χ2v) is 10.0. The quantitative estimate of drug-likeness (QED) is 0.327.